The topological polar surface area (TPSA) is 144 Å². The van der Waals surface area contributed by atoms with Crippen molar-refractivity contribution in [3.63, 3.8) is 0 Å². The van der Waals surface area contributed by atoms with Crippen molar-refractivity contribution in [3.05, 3.63) is 38.0 Å². The lowest BCUT2D eigenvalue weighted by Crippen LogP contribution is -2.58. The third kappa shape index (κ3) is 18.0. The molecule has 0 aliphatic rings. The Morgan fingerprint density at radius 2 is 0.971 bits per heavy atom. The van der Waals surface area contributed by atoms with Crippen LogP contribution in [0.1, 0.15) is 26.2 Å². The second-order valence-corrected chi connectivity index (χ2v) is 7.67. The first kappa shape index (κ1) is 32.0. The SMILES string of the molecule is C=CC(=O)NCCCOCC(COCCCNC(=O)C=C)(COCCCNC(=O)C=C)NC(C)=O. The van der Waals surface area contributed by atoms with Gasteiger partial charge in [0.15, 0.2) is 0 Å². The van der Waals surface area contributed by atoms with Crippen LogP contribution in [0, 0.1) is 0 Å². The Labute approximate surface area is 207 Å². The van der Waals surface area contributed by atoms with Crippen molar-refractivity contribution in [2.75, 3.05) is 59.3 Å². The van der Waals surface area contributed by atoms with Crippen LogP contribution in [0.4, 0.5) is 0 Å². The second kappa shape index (κ2) is 20.4. The van der Waals surface area contributed by atoms with Gasteiger partial charge in [-0.2, -0.15) is 0 Å². The maximum atomic E-state index is 11.9. The van der Waals surface area contributed by atoms with E-state index < -0.39 is 5.54 Å². The van der Waals surface area contributed by atoms with Crippen molar-refractivity contribution < 1.29 is 33.4 Å². The lowest BCUT2D eigenvalue weighted by Gasteiger charge is -2.34. The standard InChI is InChI=1S/C24H40N4O7/c1-5-21(30)25-11-8-14-33-17-24(28-20(4)29,18-34-15-9-12-26-22(31)6-2)19-35-16-10-13-27-23(32)7-3/h5-7H,1-3,8-19H2,4H3,(H,25,30)(H,26,31)(H,27,32)(H,28,29). The van der Waals surface area contributed by atoms with Crippen molar-refractivity contribution >= 4 is 23.6 Å². The molecule has 0 aromatic heterocycles. The second-order valence-electron chi connectivity index (χ2n) is 7.67. The van der Waals surface area contributed by atoms with E-state index in [-0.39, 0.29) is 43.4 Å². The Hall–Kier alpha value is -3.02. The molecule has 0 spiro atoms. The minimum Gasteiger partial charge on any atom is -0.379 e. The van der Waals surface area contributed by atoms with Crippen molar-refractivity contribution in [1.29, 1.82) is 0 Å². The maximum absolute atomic E-state index is 11.9. The quantitative estimate of drug-likeness (QED) is 0.122. The van der Waals surface area contributed by atoms with Crippen LogP contribution in [0.25, 0.3) is 0 Å². The van der Waals surface area contributed by atoms with Crippen LogP contribution in [0.15, 0.2) is 38.0 Å². The summed E-state index contributed by atoms with van der Waals surface area (Å²) in [6, 6.07) is 0. The highest BCUT2D eigenvalue weighted by molar-refractivity contribution is 5.87. The van der Waals surface area contributed by atoms with E-state index in [1.165, 1.54) is 25.2 Å². The van der Waals surface area contributed by atoms with Crippen LogP contribution < -0.4 is 21.3 Å². The summed E-state index contributed by atoms with van der Waals surface area (Å²) in [5.41, 5.74) is -0.940. The summed E-state index contributed by atoms with van der Waals surface area (Å²) in [7, 11) is 0. The number of amides is 4. The van der Waals surface area contributed by atoms with Gasteiger partial charge in [-0.1, -0.05) is 19.7 Å². The molecule has 0 fully saturated rings. The summed E-state index contributed by atoms with van der Waals surface area (Å²) in [4.78, 5) is 45.6. The lowest BCUT2D eigenvalue weighted by molar-refractivity contribution is -0.126. The van der Waals surface area contributed by atoms with Gasteiger partial charge >= 0.3 is 0 Å². The van der Waals surface area contributed by atoms with Gasteiger partial charge in [0.2, 0.25) is 23.6 Å². The van der Waals surface area contributed by atoms with E-state index in [1.807, 2.05) is 0 Å². The van der Waals surface area contributed by atoms with Crippen molar-refractivity contribution in [1.82, 2.24) is 21.3 Å². The fourth-order valence-corrected chi connectivity index (χ4v) is 2.78. The predicted octanol–water partition coefficient (Wildman–Crippen LogP) is -0.0120. The van der Waals surface area contributed by atoms with Crippen LogP contribution in [-0.2, 0) is 33.4 Å². The molecule has 0 aromatic carbocycles. The fraction of sp³-hybridized carbons (Fsp3) is 0.583. The molecule has 0 saturated heterocycles. The number of ether oxygens (including phenoxy) is 3. The van der Waals surface area contributed by atoms with Crippen LogP contribution in [-0.4, -0.2) is 88.4 Å². The van der Waals surface area contributed by atoms with Crippen molar-refractivity contribution in [2.45, 2.75) is 31.7 Å². The Bertz CT molecular complexity index is 619. The zero-order chi connectivity index (χ0) is 26.4. The van der Waals surface area contributed by atoms with Gasteiger partial charge in [-0.25, -0.2) is 0 Å². The smallest absolute Gasteiger partial charge is 0.243 e. The van der Waals surface area contributed by atoms with Crippen molar-refractivity contribution in [2.24, 2.45) is 0 Å². The van der Waals surface area contributed by atoms with E-state index in [9.17, 15) is 19.2 Å². The maximum Gasteiger partial charge on any atom is 0.243 e. The Morgan fingerprint density at radius 3 is 1.23 bits per heavy atom. The molecule has 0 heterocycles. The first-order valence-electron chi connectivity index (χ1n) is 11.5. The minimum absolute atomic E-state index is 0.127. The molecule has 0 bridgehead atoms. The van der Waals surface area contributed by atoms with Crippen LogP contribution in [0.2, 0.25) is 0 Å². The summed E-state index contributed by atoms with van der Waals surface area (Å²) < 4.78 is 17.3. The molecule has 0 aliphatic heterocycles. The molecule has 11 heteroatoms. The summed E-state index contributed by atoms with van der Waals surface area (Å²) in [5, 5.41) is 10.9. The Balaban J connectivity index is 4.79. The monoisotopic (exact) mass is 496 g/mol. The zero-order valence-electron chi connectivity index (χ0n) is 20.7. The van der Waals surface area contributed by atoms with E-state index in [2.05, 4.69) is 41.0 Å². The van der Waals surface area contributed by atoms with Crippen LogP contribution in [0.3, 0.4) is 0 Å². The Morgan fingerprint density at radius 1 is 0.657 bits per heavy atom. The average Bonchev–Trinajstić information content (AvgIpc) is 2.84. The van der Waals surface area contributed by atoms with E-state index in [4.69, 9.17) is 14.2 Å². The largest absolute Gasteiger partial charge is 0.379 e. The van der Waals surface area contributed by atoms with Crippen LogP contribution in [0.5, 0.6) is 0 Å². The molecule has 0 saturated carbocycles. The van der Waals surface area contributed by atoms with Crippen LogP contribution >= 0.6 is 0 Å². The molecular formula is C24H40N4O7. The molecule has 4 N–H and O–H groups in total. The molecule has 4 amide bonds. The third-order valence-electron chi connectivity index (χ3n) is 4.43. The molecule has 0 unspecified atom stereocenters. The van der Waals surface area contributed by atoms with Gasteiger partial charge in [0.05, 0.1) is 19.8 Å². The molecule has 11 nitrogen and oxygen atoms in total. The van der Waals surface area contributed by atoms with E-state index in [1.54, 1.807) is 0 Å². The fourth-order valence-electron chi connectivity index (χ4n) is 2.78. The predicted molar refractivity (Wildman–Crippen MR) is 132 cm³/mol. The number of rotatable bonds is 22. The normalized spacial score (nSPS) is 10.7. The van der Waals surface area contributed by atoms with E-state index in [0.717, 1.165) is 0 Å². The lowest BCUT2D eigenvalue weighted by atomic mass is 10.0. The Kier molecular flexibility index (Phi) is 18.6. The van der Waals surface area contributed by atoms with Gasteiger partial charge < -0.3 is 35.5 Å². The van der Waals surface area contributed by atoms with Gasteiger partial charge in [-0.3, -0.25) is 19.2 Å². The summed E-state index contributed by atoms with van der Waals surface area (Å²) in [6.07, 6.45) is 5.31. The first-order chi connectivity index (χ1) is 16.8. The van der Waals surface area contributed by atoms with Gasteiger partial charge in [0.1, 0.15) is 5.54 Å². The highest BCUT2D eigenvalue weighted by atomic mass is 16.5. The molecular weight excluding hydrogens is 456 g/mol. The van der Waals surface area contributed by atoms with E-state index >= 15 is 0 Å². The first-order valence-corrected chi connectivity index (χ1v) is 11.5. The highest BCUT2D eigenvalue weighted by Crippen LogP contribution is 2.10. The van der Waals surface area contributed by atoms with E-state index in [0.29, 0.717) is 58.7 Å². The molecule has 0 atom stereocenters. The summed E-state index contributed by atoms with van der Waals surface area (Å²) in [5.74, 6) is -1.04. The van der Waals surface area contributed by atoms with Gasteiger partial charge in [0.25, 0.3) is 0 Å². The zero-order valence-corrected chi connectivity index (χ0v) is 20.7. The average molecular weight is 497 g/mol. The molecule has 0 rings (SSSR count). The number of hydrogen-bond donors (Lipinski definition) is 4. The number of nitrogens with one attached hydrogen (secondary N) is 4. The van der Waals surface area contributed by atoms with Gasteiger partial charge in [-0.15, -0.1) is 0 Å². The minimum atomic E-state index is -0.940. The van der Waals surface area contributed by atoms with Gasteiger partial charge in [0, 0.05) is 46.4 Å². The number of carbonyl (C=O) groups is 4. The molecule has 0 aromatic rings. The molecule has 35 heavy (non-hydrogen) atoms. The summed E-state index contributed by atoms with van der Waals surface area (Å²) in [6.45, 7) is 14.3. The third-order valence-corrected chi connectivity index (χ3v) is 4.43. The van der Waals surface area contributed by atoms with Crippen molar-refractivity contribution in [3.8, 4) is 0 Å². The number of hydrogen-bond acceptors (Lipinski definition) is 7. The molecule has 198 valence electrons. The van der Waals surface area contributed by atoms with Gasteiger partial charge in [-0.05, 0) is 37.5 Å². The highest BCUT2D eigenvalue weighted by Gasteiger charge is 2.32. The molecule has 0 aliphatic carbocycles. The molecule has 0 radical (unpaired) electrons. The number of carbonyl (C=O) groups excluding carboxylic acids is 4. The summed E-state index contributed by atoms with van der Waals surface area (Å²) >= 11 is 0.